The number of hydrogen-bond donors (Lipinski definition) is 0. The molecule has 0 aromatic rings. The van der Waals surface area contributed by atoms with E-state index >= 15 is 0 Å². The third-order valence-electron chi connectivity index (χ3n) is 0.355. The average Bonchev–Trinajstić information content (AvgIpc) is 1.69. The molecular formula is C4H7N2S+. The summed E-state index contributed by atoms with van der Waals surface area (Å²) in [6.07, 6.45) is 0. The van der Waals surface area contributed by atoms with Crippen LogP contribution in [0.15, 0.2) is 5.10 Å². The molecule has 0 rings (SSSR count). The van der Waals surface area contributed by atoms with Crippen LogP contribution in [0.3, 0.4) is 0 Å². The highest BCUT2D eigenvalue weighted by Crippen LogP contribution is 1.90. The molecule has 7 heavy (non-hydrogen) atoms. The van der Waals surface area contributed by atoms with E-state index < -0.39 is 0 Å². The molecule has 3 heteroatoms. The van der Waals surface area contributed by atoms with Crippen molar-refractivity contribution in [1.29, 1.82) is 0 Å². The van der Waals surface area contributed by atoms with Gasteiger partial charge in [-0.15, -0.1) is 11.8 Å². The topological polar surface area (TPSA) is 16.7 Å². The third-order valence-corrected chi connectivity index (χ3v) is 0.932. The molecule has 0 amide bonds. The zero-order valence-corrected chi connectivity index (χ0v) is 4.98. The minimum absolute atomic E-state index is 1.01. The molecule has 38 valence electrons. The standard InChI is InChI=1S/C4H7N2S/c1-3-7-4-6-5-2/h2,4H,3H2,1H3/q+1. The van der Waals surface area contributed by atoms with Crippen LogP contribution in [0.25, 0.3) is 4.95 Å². The zero-order valence-electron chi connectivity index (χ0n) is 4.16. The van der Waals surface area contributed by atoms with Crippen LogP contribution in [0.1, 0.15) is 6.92 Å². The van der Waals surface area contributed by atoms with Gasteiger partial charge in [-0.2, -0.15) is 0 Å². The second kappa shape index (κ2) is 5.51. The lowest BCUT2D eigenvalue weighted by Crippen LogP contribution is -1.62. The predicted molar refractivity (Wildman–Crippen MR) is 34.9 cm³/mol. The van der Waals surface area contributed by atoms with E-state index in [1.54, 1.807) is 17.3 Å². The third kappa shape index (κ3) is 5.51. The first kappa shape index (κ1) is 6.51. The summed E-state index contributed by atoms with van der Waals surface area (Å²) in [5, 5.41) is 3.40. The first-order valence-corrected chi connectivity index (χ1v) is 3.00. The van der Waals surface area contributed by atoms with Crippen molar-refractivity contribution in [2.75, 3.05) is 5.75 Å². The van der Waals surface area contributed by atoms with E-state index in [2.05, 4.69) is 16.6 Å². The number of thioether (sulfide) groups is 1. The molecule has 0 aromatic heterocycles. The van der Waals surface area contributed by atoms with Crippen molar-refractivity contribution in [3.8, 4) is 6.57 Å². The van der Waals surface area contributed by atoms with Gasteiger partial charge in [-0.25, -0.2) is 0 Å². The SMILES string of the molecule is C#[N+]N=CSCC. The lowest BCUT2D eigenvalue weighted by Gasteiger charge is -1.71. The monoisotopic (exact) mass is 115 g/mol. The van der Waals surface area contributed by atoms with Crippen LogP contribution >= 0.6 is 11.8 Å². The first-order valence-electron chi connectivity index (χ1n) is 1.95. The van der Waals surface area contributed by atoms with Crippen molar-refractivity contribution in [3.05, 3.63) is 4.95 Å². The lowest BCUT2D eigenvalue weighted by molar-refractivity contribution is 1.54. The fourth-order valence-electron chi connectivity index (χ4n) is 0.135. The van der Waals surface area contributed by atoms with Crippen molar-refractivity contribution in [2.45, 2.75) is 6.92 Å². The van der Waals surface area contributed by atoms with E-state index in [1.165, 1.54) is 0 Å². The molecule has 0 unspecified atom stereocenters. The van der Waals surface area contributed by atoms with Gasteiger partial charge < -0.3 is 0 Å². The Morgan fingerprint density at radius 2 is 2.71 bits per heavy atom. The molecule has 0 aliphatic rings. The molecule has 0 N–H and O–H groups in total. The smallest absolute Gasteiger partial charge is 0.107 e. The van der Waals surface area contributed by atoms with Gasteiger partial charge in [0, 0.05) is 0 Å². The Bertz CT molecular complexity index is 92.4. The largest absolute Gasteiger partial charge is 0.307 e. The first-order chi connectivity index (χ1) is 3.41. The van der Waals surface area contributed by atoms with Crippen LogP contribution in [0.5, 0.6) is 0 Å². The van der Waals surface area contributed by atoms with Crippen molar-refractivity contribution >= 4 is 17.3 Å². The quantitative estimate of drug-likeness (QED) is 0.304. The Kier molecular flexibility index (Phi) is 5.12. The van der Waals surface area contributed by atoms with Crippen LogP contribution in [0.4, 0.5) is 0 Å². The maximum Gasteiger partial charge on any atom is 0.307 e. The van der Waals surface area contributed by atoms with Crippen LogP contribution < -0.4 is 0 Å². The van der Waals surface area contributed by atoms with Crippen LogP contribution in [-0.4, -0.2) is 11.3 Å². The Hall–Kier alpha value is -0.490. The number of rotatable bonds is 2. The second-order valence-electron chi connectivity index (χ2n) is 0.792. The van der Waals surface area contributed by atoms with E-state index in [9.17, 15) is 0 Å². The summed E-state index contributed by atoms with van der Waals surface area (Å²) in [7, 11) is 0. The van der Waals surface area contributed by atoms with Crippen LogP contribution in [0, 0.1) is 6.57 Å². The fourth-order valence-corrected chi connectivity index (χ4v) is 0.405. The van der Waals surface area contributed by atoms with Gasteiger partial charge >= 0.3 is 6.57 Å². The van der Waals surface area contributed by atoms with E-state index in [4.69, 9.17) is 0 Å². The summed E-state index contributed by atoms with van der Waals surface area (Å²) in [6, 6.07) is 0. The Morgan fingerprint density at radius 3 is 3.14 bits per heavy atom. The molecule has 0 aliphatic heterocycles. The molecular weight excluding hydrogens is 108 g/mol. The van der Waals surface area contributed by atoms with Crippen molar-refractivity contribution in [1.82, 2.24) is 0 Å². The maximum absolute atomic E-state index is 4.68. The molecule has 0 heterocycles. The van der Waals surface area contributed by atoms with E-state index in [0.29, 0.717) is 0 Å². The predicted octanol–water partition coefficient (Wildman–Crippen LogP) is 1.65. The summed E-state index contributed by atoms with van der Waals surface area (Å²) >= 11 is 1.57. The van der Waals surface area contributed by atoms with Crippen molar-refractivity contribution < 1.29 is 0 Å². The molecule has 0 spiro atoms. The van der Waals surface area contributed by atoms with Gasteiger partial charge in [0.05, 0.1) is 0 Å². The molecule has 0 atom stereocenters. The number of nitrogens with zero attached hydrogens (tertiary/aromatic N) is 2. The second-order valence-corrected chi connectivity index (χ2v) is 1.91. The summed E-state index contributed by atoms with van der Waals surface area (Å²) in [6.45, 7) is 6.72. The molecule has 0 fully saturated rings. The fraction of sp³-hybridized carbons (Fsp3) is 0.500. The highest BCUT2D eigenvalue weighted by molar-refractivity contribution is 8.12. The van der Waals surface area contributed by atoms with Gasteiger partial charge in [0.15, 0.2) is 0 Å². The van der Waals surface area contributed by atoms with E-state index in [0.717, 1.165) is 5.75 Å². The van der Waals surface area contributed by atoms with Gasteiger partial charge in [-0.05, 0) is 5.75 Å². The molecule has 0 saturated heterocycles. The number of hydrogen-bond acceptors (Lipinski definition) is 2. The van der Waals surface area contributed by atoms with Gasteiger partial charge in [-0.3, -0.25) is 0 Å². The van der Waals surface area contributed by atoms with E-state index in [1.807, 2.05) is 6.92 Å². The average molecular weight is 115 g/mol. The molecule has 0 aromatic carbocycles. The normalized spacial score (nSPS) is 9.14. The van der Waals surface area contributed by atoms with Crippen molar-refractivity contribution in [3.63, 3.8) is 0 Å². The Labute approximate surface area is 47.4 Å². The van der Waals surface area contributed by atoms with Crippen LogP contribution in [0.2, 0.25) is 0 Å². The molecule has 2 nitrogen and oxygen atoms in total. The van der Waals surface area contributed by atoms with Gasteiger partial charge in [0.1, 0.15) is 15.6 Å². The summed E-state index contributed by atoms with van der Waals surface area (Å²) < 4.78 is 0. The van der Waals surface area contributed by atoms with Gasteiger partial charge in [-0.1, -0.05) is 6.92 Å². The minimum Gasteiger partial charge on any atom is -0.107 e. The molecule has 0 bridgehead atoms. The molecule has 0 radical (unpaired) electrons. The summed E-state index contributed by atoms with van der Waals surface area (Å²) in [5.41, 5.74) is 1.61. The lowest BCUT2D eigenvalue weighted by atomic mass is 11.0. The summed E-state index contributed by atoms with van der Waals surface area (Å²) in [4.78, 5) is 3.02. The van der Waals surface area contributed by atoms with Gasteiger partial charge in [0.25, 0.3) is 0 Å². The highest BCUT2D eigenvalue weighted by Gasteiger charge is 1.73. The highest BCUT2D eigenvalue weighted by atomic mass is 32.2. The minimum atomic E-state index is 1.01. The summed E-state index contributed by atoms with van der Waals surface area (Å²) in [5.74, 6) is 1.01. The molecule has 0 aliphatic carbocycles. The Balaban J connectivity index is 2.97. The zero-order chi connectivity index (χ0) is 5.54. The van der Waals surface area contributed by atoms with Crippen molar-refractivity contribution in [2.24, 2.45) is 5.10 Å². The van der Waals surface area contributed by atoms with Gasteiger partial charge in [0.2, 0.25) is 0 Å². The molecule has 0 saturated carbocycles. The Morgan fingerprint density at radius 1 is 2.00 bits per heavy atom. The maximum atomic E-state index is 4.68. The van der Waals surface area contributed by atoms with E-state index in [-0.39, 0.29) is 0 Å². The van der Waals surface area contributed by atoms with Crippen LogP contribution in [-0.2, 0) is 0 Å².